The maximum absolute atomic E-state index is 12.2. The molecule has 0 saturated heterocycles. The number of aromatic amines is 1. The Kier molecular flexibility index (Phi) is 5.30. The van der Waals surface area contributed by atoms with Crippen LogP contribution in [0.2, 0.25) is 0 Å². The number of carboxylic acids is 1. The van der Waals surface area contributed by atoms with Crippen molar-refractivity contribution in [2.24, 2.45) is 17.8 Å². The molecule has 0 spiro atoms. The molecule has 1 aliphatic rings. The second-order valence-corrected chi connectivity index (χ2v) is 5.62. The third-order valence-corrected chi connectivity index (χ3v) is 4.25. The van der Waals surface area contributed by atoms with E-state index in [-0.39, 0.29) is 5.91 Å². The van der Waals surface area contributed by atoms with Crippen molar-refractivity contribution in [3.05, 3.63) is 12.2 Å². The van der Waals surface area contributed by atoms with Crippen LogP contribution in [0.5, 0.6) is 0 Å². The summed E-state index contributed by atoms with van der Waals surface area (Å²) in [4.78, 5) is 27.4. The van der Waals surface area contributed by atoms with Crippen molar-refractivity contribution < 1.29 is 14.7 Å². The number of H-pyrrole nitrogens is 1. The summed E-state index contributed by atoms with van der Waals surface area (Å²) in [5, 5.41) is 18.6. The third-order valence-electron chi connectivity index (χ3n) is 4.25. The molecule has 3 atom stereocenters. The minimum absolute atomic E-state index is 0.129. The predicted molar refractivity (Wildman–Crippen MR) is 75.3 cm³/mol. The normalized spacial score (nSPS) is 24.9. The maximum atomic E-state index is 12.2. The zero-order chi connectivity index (χ0) is 15.2. The molecule has 0 bridgehead atoms. The van der Waals surface area contributed by atoms with E-state index in [2.05, 4.69) is 20.5 Å². The summed E-state index contributed by atoms with van der Waals surface area (Å²) < 4.78 is 0. The van der Waals surface area contributed by atoms with Crippen molar-refractivity contribution >= 4 is 11.9 Å². The Bertz CT molecular complexity index is 475. The van der Waals surface area contributed by atoms with Crippen LogP contribution >= 0.6 is 0 Å². The highest BCUT2D eigenvalue weighted by Gasteiger charge is 2.41. The standard InChI is InChI=1S/C14H22N4O3/c1-2-9-6-10(11(7-9)14(20)21)13(19)15-5-3-4-12-16-8-17-18-12/h8-11H,2-7H2,1H3,(H,15,19)(H,20,21)(H,16,17,18)/t9?,10-,11+/m0/s1. The highest BCUT2D eigenvalue weighted by Crippen LogP contribution is 2.38. The number of nitrogens with zero attached hydrogens (tertiary/aromatic N) is 2. The van der Waals surface area contributed by atoms with Gasteiger partial charge < -0.3 is 10.4 Å². The molecule has 1 aliphatic carbocycles. The second kappa shape index (κ2) is 7.19. The highest BCUT2D eigenvalue weighted by molar-refractivity contribution is 5.85. The van der Waals surface area contributed by atoms with E-state index in [1.54, 1.807) is 0 Å². The van der Waals surface area contributed by atoms with Crippen molar-refractivity contribution in [3.63, 3.8) is 0 Å². The van der Waals surface area contributed by atoms with E-state index in [1.807, 2.05) is 6.92 Å². The fourth-order valence-electron chi connectivity index (χ4n) is 2.99. The molecule has 7 heteroatoms. The van der Waals surface area contributed by atoms with Crippen molar-refractivity contribution in [2.45, 2.75) is 39.0 Å². The molecular formula is C14H22N4O3. The van der Waals surface area contributed by atoms with Crippen molar-refractivity contribution in [1.82, 2.24) is 20.5 Å². The van der Waals surface area contributed by atoms with Crippen LogP contribution in [0.25, 0.3) is 0 Å². The first-order chi connectivity index (χ1) is 10.1. The summed E-state index contributed by atoms with van der Waals surface area (Å²) in [6, 6.07) is 0. The summed E-state index contributed by atoms with van der Waals surface area (Å²) in [7, 11) is 0. The van der Waals surface area contributed by atoms with E-state index in [0.29, 0.717) is 31.7 Å². The van der Waals surface area contributed by atoms with Crippen LogP contribution in [0, 0.1) is 17.8 Å². The first kappa shape index (κ1) is 15.5. The Hall–Kier alpha value is -1.92. The first-order valence-corrected chi connectivity index (χ1v) is 7.46. The van der Waals surface area contributed by atoms with Gasteiger partial charge in [0.05, 0.1) is 11.8 Å². The van der Waals surface area contributed by atoms with Gasteiger partial charge in [0, 0.05) is 13.0 Å². The minimum Gasteiger partial charge on any atom is -0.481 e. The fraction of sp³-hybridized carbons (Fsp3) is 0.714. The molecule has 1 unspecified atom stereocenters. The van der Waals surface area contributed by atoms with Crippen LogP contribution in [-0.4, -0.2) is 38.7 Å². The van der Waals surface area contributed by atoms with E-state index in [1.165, 1.54) is 6.33 Å². The van der Waals surface area contributed by atoms with Crippen LogP contribution in [0.3, 0.4) is 0 Å². The topological polar surface area (TPSA) is 108 Å². The van der Waals surface area contributed by atoms with Crippen LogP contribution in [0.1, 0.15) is 38.4 Å². The number of aryl methyl sites for hydroxylation is 1. The number of hydrogen-bond donors (Lipinski definition) is 3. The summed E-state index contributed by atoms with van der Waals surface area (Å²) in [6.45, 7) is 2.57. The summed E-state index contributed by atoms with van der Waals surface area (Å²) in [6.07, 6.45) is 5.14. The van der Waals surface area contributed by atoms with Gasteiger partial charge in [0.1, 0.15) is 12.2 Å². The van der Waals surface area contributed by atoms with Gasteiger partial charge >= 0.3 is 5.97 Å². The van der Waals surface area contributed by atoms with Crippen molar-refractivity contribution in [1.29, 1.82) is 0 Å². The lowest BCUT2D eigenvalue weighted by Gasteiger charge is -2.15. The number of carbonyl (C=O) groups is 2. The largest absolute Gasteiger partial charge is 0.481 e. The summed E-state index contributed by atoms with van der Waals surface area (Å²) in [5.41, 5.74) is 0. The van der Waals surface area contributed by atoms with Crippen LogP contribution in [0.15, 0.2) is 6.33 Å². The fourth-order valence-corrected chi connectivity index (χ4v) is 2.99. The molecule has 0 radical (unpaired) electrons. The van der Waals surface area contributed by atoms with Crippen LogP contribution in [-0.2, 0) is 16.0 Å². The molecule has 7 nitrogen and oxygen atoms in total. The van der Waals surface area contributed by atoms with Gasteiger partial charge in [-0.2, -0.15) is 5.10 Å². The van der Waals surface area contributed by atoms with E-state index < -0.39 is 17.8 Å². The maximum Gasteiger partial charge on any atom is 0.307 e. The quantitative estimate of drug-likeness (QED) is 0.650. The molecule has 1 saturated carbocycles. The van der Waals surface area contributed by atoms with Crippen LogP contribution < -0.4 is 5.32 Å². The molecule has 1 aromatic heterocycles. The van der Waals surface area contributed by atoms with Gasteiger partial charge in [-0.05, 0) is 25.2 Å². The monoisotopic (exact) mass is 294 g/mol. The molecule has 0 aliphatic heterocycles. The van der Waals surface area contributed by atoms with Gasteiger partial charge in [0.15, 0.2) is 0 Å². The summed E-state index contributed by atoms with van der Waals surface area (Å²) in [5.74, 6) is -0.777. The lowest BCUT2D eigenvalue weighted by atomic mass is 9.95. The Morgan fingerprint density at radius 3 is 2.81 bits per heavy atom. The van der Waals surface area contributed by atoms with E-state index >= 15 is 0 Å². The Labute approximate surface area is 123 Å². The molecular weight excluding hydrogens is 272 g/mol. The average molecular weight is 294 g/mol. The number of aromatic nitrogens is 3. The molecule has 0 aromatic carbocycles. The highest BCUT2D eigenvalue weighted by atomic mass is 16.4. The number of aliphatic carboxylic acids is 1. The van der Waals surface area contributed by atoms with Gasteiger partial charge in [-0.3, -0.25) is 14.7 Å². The molecule has 116 valence electrons. The lowest BCUT2D eigenvalue weighted by molar-refractivity contribution is -0.146. The number of amides is 1. The number of rotatable bonds is 7. The predicted octanol–water partition coefficient (Wildman–Crippen LogP) is 0.990. The first-order valence-electron chi connectivity index (χ1n) is 7.46. The number of carboxylic acid groups (broad SMARTS) is 1. The summed E-state index contributed by atoms with van der Waals surface area (Å²) >= 11 is 0. The Morgan fingerprint density at radius 1 is 1.43 bits per heavy atom. The van der Waals surface area contributed by atoms with Crippen LogP contribution in [0.4, 0.5) is 0 Å². The van der Waals surface area contributed by atoms with Gasteiger partial charge in [-0.1, -0.05) is 13.3 Å². The number of nitrogens with one attached hydrogen (secondary N) is 2. The molecule has 2 rings (SSSR count). The molecule has 1 aromatic rings. The van der Waals surface area contributed by atoms with E-state index in [0.717, 1.165) is 18.7 Å². The van der Waals surface area contributed by atoms with Gasteiger partial charge in [0.25, 0.3) is 0 Å². The number of carbonyl (C=O) groups excluding carboxylic acids is 1. The molecule has 3 N–H and O–H groups in total. The molecule has 1 amide bonds. The molecule has 1 fully saturated rings. The molecule has 1 heterocycles. The zero-order valence-electron chi connectivity index (χ0n) is 12.2. The Morgan fingerprint density at radius 2 is 2.19 bits per heavy atom. The smallest absolute Gasteiger partial charge is 0.307 e. The zero-order valence-corrected chi connectivity index (χ0v) is 12.2. The van der Waals surface area contributed by atoms with Gasteiger partial charge in [-0.15, -0.1) is 0 Å². The second-order valence-electron chi connectivity index (χ2n) is 5.62. The number of hydrogen-bond acceptors (Lipinski definition) is 4. The molecule has 21 heavy (non-hydrogen) atoms. The van der Waals surface area contributed by atoms with Gasteiger partial charge in [-0.25, -0.2) is 4.98 Å². The lowest BCUT2D eigenvalue weighted by Crippen LogP contribution is -2.35. The minimum atomic E-state index is -0.854. The van der Waals surface area contributed by atoms with Crippen molar-refractivity contribution in [3.8, 4) is 0 Å². The average Bonchev–Trinajstić information content (AvgIpc) is 3.12. The Balaban J connectivity index is 1.77. The van der Waals surface area contributed by atoms with E-state index in [9.17, 15) is 14.7 Å². The van der Waals surface area contributed by atoms with E-state index in [4.69, 9.17) is 0 Å². The van der Waals surface area contributed by atoms with Gasteiger partial charge in [0.2, 0.25) is 5.91 Å². The van der Waals surface area contributed by atoms with Crippen molar-refractivity contribution in [2.75, 3.05) is 6.54 Å². The SMILES string of the molecule is CCC1C[C@H](C(=O)NCCCc2ncn[nH]2)[C@H](C(=O)O)C1. The third kappa shape index (κ3) is 4.03.